The van der Waals surface area contributed by atoms with Crippen LogP contribution in [-0.4, -0.2) is 49.6 Å². The number of nitrogens with zero attached hydrogens (tertiary/aromatic N) is 2. The van der Waals surface area contributed by atoms with Crippen LogP contribution in [0.4, 0.5) is 5.82 Å². The molecule has 1 aromatic heterocycles. The Hall–Kier alpha value is -1.33. The second-order valence-corrected chi connectivity index (χ2v) is 4.53. The third kappa shape index (κ3) is 3.58. The Kier molecular flexibility index (Phi) is 4.78. The number of aliphatic hydroxyl groups excluding tert-OH is 1. The number of anilines is 1. The lowest BCUT2D eigenvalue weighted by molar-refractivity contribution is 0.122. The Morgan fingerprint density at radius 1 is 1.44 bits per heavy atom. The number of hydrogen-bond donors (Lipinski definition) is 1. The van der Waals surface area contributed by atoms with Gasteiger partial charge in [0.05, 0.1) is 19.8 Å². The first-order valence-corrected chi connectivity index (χ1v) is 6.33. The van der Waals surface area contributed by atoms with E-state index in [4.69, 9.17) is 14.6 Å². The highest BCUT2D eigenvalue weighted by atomic mass is 16.5. The normalized spacial score (nSPS) is 17.6. The van der Waals surface area contributed by atoms with Crippen molar-refractivity contribution >= 4 is 5.82 Å². The molecule has 0 spiro atoms. The highest BCUT2D eigenvalue weighted by Crippen LogP contribution is 2.17. The van der Waals surface area contributed by atoms with E-state index in [1.807, 2.05) is 25.1 Å². The number of ether oxygens (including phenoxy) is 2. The molecule has 100 valence electrons. The number of hydrogen-bond acceptors (Lipinski definition) is 5. The van der Waals surface area contributed by atoms with Gasteiger partial charge in [-0.25, -0.2) is 0 Å². The molecule has 1 aliphatic rings. The van der Waals surface area contributed by atoms with Gasteiger partial charge in [0.1, 0.15) is 5.82 Å². The molecular formula is C13H20N2O3. The summed E-state index contributed by atoms with van der Waals surface area (Å²) in [4.78, 5) is 6.66. The molecule has 0 aliphatic carbocycles. The number of pyridine rings is 1. The van der Waals surface area contributed by atoms with Crippen LogP contribution in [0.5, 0.6) is 5.88 Å². The van der Waals surface area contributed by atoms with E-state index in [1.54, 1.807) is 0 Å². The molecule has 0 radical (unpaired) electrons. The van der Waals surface area contributed by atoms with E-state index < -0.39 is 0 Å². The number of aliphatic hydroxyl groups is 1. The second kappa shape index (κ2) is 6.56. The van der Waals surface area contributed by atoms with Gasteiger partial charge in [-0.1, -0.05) is 13.0 Å². The zero-order valence-corrected chi connectivity index (χ0v) is 10.7. The first-order chi connectivity index (χ1) is 8.79. The van der Waals surface area contributed by atoms with E-state index in [-0.39, 0.29) is 12.5 Å². The molecule has 1 N–H and O–H groups in total. The molecule has 0 bridgehead atoms. The molecule has 5 heteroatoms. The van der Waals surface area contributed by atoms with Crippen molar-refractivity contribution in [1.29, 1.82) is 0 Å². The fourth-order valence-corrected chi connectivity index (χ4v) is 1.73. The standard InChI is InChI=1S/C13H20N2O3/c1-11(9-16)10-18-13-4-2-3-12(14-13)15-5-7-17-8-6-15/h2-4,11,16H,5-10H2,1H3. The van der Waals surface area contributed by atoms with E-state index in [1.165, 1.54) is 0 Å². The van der Waals surface area contributed by atoms with Gasteiger partial charge in [0.15, 0.2) is 0 Å². The van der Waals surface area contributed by atoms with Crippen molar-refractivity contribution in [2.24, 2.45) is 5.92 Å². The molecule has 1 saturated heterocycles. The number of aromatic nitrogens is 1. The van der Waals surface area contributed by atoms with Crippen LogP contribution >= 0.6 is 0 Å². The summed E-state index contributed by atoms with van der Waals surface area (Å²) >= 11 is 0. The minimum absolute atomic E-state index is 0.124. The summed E-state index contributed by atoms with van der Waals surface area (Å²) < 4.78 is 10.9. The molecule has 2 rings (SSSR count). The van der Waals surface area contributed by atoms with Crippen LogP contribution in [0.15, 0.2) is 18.2 Å². The molecule has 1 aliphatic heterocycles. The Morgan fingerprint density at radius 2 is 2.22 bits per heavy atom. The molecule has 1 aromatic rings. The second-order valence-electron chi connectivity index (χ2n) is 4.53. The average molecular weight is 252 g/mol. The van der Waals surface area contributed by atoms with Gasteiger partial charge in [0.2, 0.25) is 5.88 Å². The monoisotopic (exact) mass is 252 g/mol. The summed E-state index contributed by atoms with van der Waals surface area (Å²) in [5.41, 5.74) is 0. The third-order valence-electron chi connectivity index (χ3n) is 2.87. The summed E-state index contributed by atoms with van der Waals surface area (Å²) in [6, 6.07) is 5.76. The number of rotatable bonds is 5. The summed E-state index contributed by atoms with van der Waals surface area (Å²) in [5, 5.41) is 8.95. The topological polar surface area (TPSA) is 54.8 Å². The van der Waals surface area contributed by atoms with E-state index in [9.17, 15) is 0 Å². The molecule has 0 amide bonds. The summed E-state index contributed by atoms with van der Waals surface area (Å²) in [5.74, 6) is 1.66. The van der Waals surface area contributed by atoms with Gasteiger partial charge >= 0.3 is 0 Å². The summed E-state index contributed by atoms with van der Waals surface area (Å²) in [6.45, 7) is 5.76. The van der Waals surface area contributed by atoms with Gasteiger partial charge in [0.25, 0.3) is 0 Å². The minimum atomic E-state index is 0.124. The largest absolute Gasteiger partial charge is 0.477 e. The van der Waals surface area contributed by atoms with E-state index in [2.05, 4.69) is 9.88 Å². The number of morpholine rings is 1. The first kappa shape index (κ1) is 13.1. The smallest absolute Gasteiger partial charge is 0.215 e. The molecule has 2 heterocycles. The predicted octanol–water partition coefficient (Wildman–Crippen LogP) is 0.925. The van der Waals surface area contributed by atoms with E-state index in [0.717, 1.165) is 32.1 Å². The van der Waals surface area contributed by atoms with Gasteiger partial charge in [-0.2, -0.15) is 4.98 Å². The Morgan fingerprint density at radius 3 is 2.94 bits per heavy atom. The van der Waals surface area contributed by atoms with Crippen LogP contribution in [-0.2, 0) is 4.74 Å². The fraction of sp³-hybridized carbons (Fsp3) is 0.615. The molecule has 0 saturated carbocycles. The van der Waals surface area contributed by atoms with Gasteiger partial charge in [-0.15, -0.1) is 0 Å². The van der Waals surface area contributed by atoms with Crippen LogP contribution in [0.1, 0.15) is 6.92 Å². The molecule has 1 atom stereocenters. The van der Waals surface area contributed by atoms with Crippen molar-refractivity contribution in [3.8, 4) is 5.88 Å². The van der Waals surface area contributed by atoms with Crippen molar-refractivity contribution < 1.29 is 14.6 Å². The fourth-order valence-electron chi connectivity index (χ4n) is 1.73. The Balaban J connectivity index is 1.96. The van der Waals surface area contributed by atoms with Gasteiger partial charge in [0, 0.05) is 31.7 Å². The van der Waals surface area contributed by atoms with E-state index in [0.29, 0.717) is 12.5 Å². The Bertz CT molecular complexity index is 367. The van der Waals surface area contributed by atoms with Crippen molar-refractivity contribution in [3.63, 3.8) is 0 Å². The highest BCUT2D eigenvalue weighted by molar-refractivity contribution is 5.40. The quantitative estimate of drug-likeness (QED) is 0.844. The Labute approximate surface area is 107 Å². The minimum Gasteiger partial charge on any atom is -0.477 e. The third-order valence-corrected chi connectivity index (χ3v) is 2.87. The van der Waals surface area contributed by atoms with Crippen LogP contribution in [0, 0.1) is 5.92 Å². The lowest BCUT2D eigenvalue weighted by Crippen LogP contribution is -2.36. The molecule has 1 fully saturated rings. The predicted molar refractivity (Wildman–Crippen MR) is 69.0 cm³/mol. The molecule has 5 nitrogen and oxygen atoms in total. The molecular weight excluding hydrogens is 232 g/mol. The maximum absolute atomic E-state index is 8.95. The van der Waals surface area contributed by atoms with Crippen LogP contribution < -0.4 is 9.64 Å². The van der Waals surface area contributed by atoms with Crippen LogP contribution in [0.3, 0.4) is 0 Å². The van der Waals surface area contributed by atoms with Crippen molar-refractivity contribution in [2.45, 2.75) is 6.92 Å². The maximum Gasteiger partial charge on any atom is 0.215 e. The molecule has 1 unspecified atom stereocenters. The van der Waals surface area contributed by atoms with Crippen LogP contribution in [0.2, 0.25) is 0 Å². The van der Waals surface area contributed by atoms with Crippen molar-refractivity contribution in [2.75, 3.05) is 44.4 Å². The van der Waals surface area contributed by atoms with Crippen LogP contribution in [0.25, 0.3) is 0 Å². The molecule has 18 heavy (non-hydrogen) atoms. The van der Waals surface area contributed by atoms with Gasteiger partial charge < -0.3 is 19.5 Å². The average Bonchev–Trinajstić information content (AvgIpc) is 2.46. The lowest BCUT2D eigenvalue weighted by Gasteiger charge is -2.27. The summed E-state index contributed by atoms with van der Waals surface area (Å²) in [7, 11) is 0. The SMILES string of the molecule is CC(CO)COc1cccc(N2CCOCC2)n1. The maximum atomic E-state index is 8.95. The van der Waals surface area contributed by atoms with Gasteiger partial charge in [-0.05, 0) is 6.07 Å². The lowest BCUT2D eigenvalue weighted by atomic mass is 10.2. The van der Waals surface area contributed by atoms with Gasteiger partial charge in [-0.3, -0.25) is 0 Å². The van der Waals surface area contributed by atoms with Crippen molar-refractivity contribution in [3.05, 3.63) is 18.2 Å². The van der Waals surface area contributed by atoms with E-state index >= 15 is 0 Å². The van der Waals surface area contributed by atoms with Crippen molar-refractivity contribution in [1.82, 2.24) is 4.98 Å². The summed E-state index contributed by atoms with van der Waals surface area (Å²) in [6.07, 6.45) is 0. The zero-order chi connectivity index (χ0) is 12.8. The highest BCUT2D eigenvalue weighted by Gasteiger charge is 2.13. The molecule has 0 aromatic carbocycles. The zero-order valence-electron chi connectivity index (χ0n) is 10.7. The first-order valence-electron chi connectivity index (χ1n) is 6.33.